The number of aromatic nitrogens is 1. The van der Waals surface area contributed by atoms with Crippen molar-refractivity contribution in [3.8, 4) is 0 Å². The van der Waals surface area contributed by atoms with E-state index in [2.05, 4.69) is 11.6 Å². The van der Waals surface area contributed by atoms with E-state index >= 15 is 0 Å². The molecule has 0 aromatic carbocycles. The molecule has 0 amide bonds. The van der Waals surface area contributed by atoms with Crippen LogP contribution in [0, 0.1) is 12.7 Å². The van der Waals surface area contributed by atoms with E-state index in [1.165, 1.54) is 6.07 Å². The lowest BCUT2D eigenvalue weighted by Gasteiger charge is -2.27. The molecule has 5 heteroatoms. The van der Waals surface area contributed by atoms with Gasteiger partial charge in [0.1, 0.15) is 5.82 Å². The van der Waals surface area contributed by atoms with Gasteiger partial charge in [-0.25, -0.2) is 8.60 Å². The summed E-state index contributed by atoms with van der Waals surface area (Å²) < 4.78 is 24.6. The van der Waals surface area contributed by atoms with Crippen LogP contribution in [0.1, 0.15) is 43.9 Å². The van der Waals surface area contributed by atoms with Gasteiger partial charge in [-0.3, -0.25) is 10.1 Å². The van der Waals surface area contributed by atoms with Crippen molar-refractivity contribution in [2.45, 2.75) is 44.3 Å². The van der Waals surface area contributed by atoms with E-state index in [4.69, 9.17) is 5.14 Å². The minimum atomic E-state index is -1.43. The zero-order chi connectivity index (χ0) is 14.6. The minimum Gasteiger partial charge on any atom is -0.258 e. The zero-order valence-electron chi connectivity index (χ0n) is 11.6. The molecule has 0 aliphatic carbocycles. The Balaban J connectivity index is 3.03. The third-order valence-corrected chi connectivity index (χ3v) is 4.51. The van der Waals surface area contributed by atoms with E-state index in [0.29, 0.717) is 18.5 Å². The highest BCUT2D eigenvalue weighted by molar-refractivity contribution is 7.84. The van der Waals surface area contributed by atoms with Crippen molar-refractivity contribution in [2.24, 2.45) is 5.14 Å². The normalized spacial score (nSPS) is 15.0. The topological polar surface area (TPSA) is 56.0 Å². The molecule has 0 aliphatic rings. The van der Waals surface area contributed by atoms with Crippen molar-refractivity contribution in [3.63, 3.8) is 0 Å². The van der Waals surface area contributed by atoms with Gasteiger partial charge >= 0.3 is 0 Å². The number of aryl methyl sites for hydroxylation is 1. The van der Waals surface area contributed by atoms with Gasteiger partial charge in [-0.05, 0) is 51.2 Å². The highest BCUT2D eigenvalue weighted by atomic mass is 32.2. The SMILES string of the molecule is C=CC[C@@H](CC(C)(C)S(N)=O)c1cnc(C)c(F)c1. The Morgan fingerprint density at radius 2 is 2.26 bits per heavy atom. The average molecular weight is 284 g/mol. The molecule has 0 radical (unpaired) electrons. The Kier molecular flexibility index (Phi) is 5.38. The molecule has 0 bridgehead atoms. The highest BCUT2D eigenvalue weighted by Gasteiger charge is 2.28. The molecule has 106 valence electrons. The fraction of sp³-hybridized carbons (Fsp3) is 0.500. The maximum absolute atomic E-state index is 13.6. The number of nitrogens with zero attached hydrogens (tertiary/aromatic N) is 1. The van der Waals surface area contributed by atoms with Crippen LogP contribution in [0.15, 0.2) is 24.9 Å². The molecule has 0 fully saturated rings. The van der Waals surface area contributed by atoms with Crippen molar-refractivity contribution >= 4 is 11.0 Å². The number of rotatable bonds is 6. The molecule has 0 spiro atoms. The largest absolute Gasteiger partial charge is 0.258 e. The van der Waals surface area contributed by atoms with Gasteiger partial charge < -0.3 is 0 Å². The number of nitrogens with two attached hydrogens (primary N) is 1. The standard InChI is InChI=1S/C14H21FN2OS/c1-5-6-11(8-14(3,4)19(16)18)12-7-13(15)10(2)17-9-12/h5,7,9,11H,1,6,8,16H2,2-4H3/t11-,19?/m0/s1. The third-order valence-electron chi connectivity index (χ3n) is 3.25. The van der Waals surface area contributed by atoms with E-state index in [1.54, 1.807) is 19.2 Å². The van der Waals surface area contributed by atoms with Crippen molar-refractivity contribution in [3.05, 3.63) is 42.0 Å². The maximum Gasteiger partial charge on any atom is 0.144 e. The fourth-order valence-electron chi connectivity index (χ4n) is 1.96. The maximum atomic E-state index is 13.6. The van der Waals surface area contributed by atoms with Crippen LogP contribution in [0.5, 0.6) is 0 Å². The zero-order valence-corrected chi connectivity index (χ0v) is 12.5. The summed E-state index contributed by atoms with van der Waals surface area (Å²) in [5, 5.41) is 5.50. The first-order chi connectivity index (χ1) is 8.77. The van der Waals surface area contributed by atoms with Crippen molar-refractivity contribution in [2.75, 3.05) is 0 Å². The van der Waals surface area contributed by atoms with E-state index in [-0.39, 0.29) is 11.7 Å². The van der Waals surface area contributed by atoms with Gasteiger partial charge in [-0.15, -0.1) is 6.58 Å². The molecular formula is C14H21FN2OS. The molecule has 2 atom stereocenters. The first-order valence-electron chi connectivity index (χ1n) is 6.17. The van der Waals surface area contributed by atoms with Gasteiger partial charge in [0.25, 0.3) is 0 Å². The van der Waals surface area contributed by atoms with Crippen LogP contribution >= 0.6 is 0 Å². The molecule has 1 heterocycles. The summed E-state index contributed by atoms with van der Waals surface area (Å²) in [6.45, 7) is 9.03. The van der Waals surface area contributed by atoms with Gasteiger partial charge in [0.05, 0.1) is 21.4 Å². The first kappa shape index (κ1) is 16.0. The summed E-state index contributed by atoms with van der Waals surface area (Å²) in [6, 6.07) is 1.49. The first-order valence-corrected chi connectivity index (χ1v) is 7.38. The van der Waals surface area contributed by atoms with Crippen LogP contribution in [0.3, 0.4) is 0 Å². The molecule has 2 N–H and O–H groups in total. The second-order valence-corrected chi connectivity index (χ2v) is 7.02. The van der Waals surface area contributed by atoms with Gasteiger partial charge in [-0.1, -0.05) is 6.08 Å². The van der Waals surface area contributed by atoms with Crippen LogP contribution in [0.4, 0.5) is 4.39 Å². The monoisotopic (exact) mass is 284 g/mol. The molecular weight excluding hydrogens is 263 g/mol. The van der Waals surface area contributed by atoms with Gasteiger partial charge in [0, 0.05) is 6.20 Å². The molecule has 3 nitrogen and oxygen atoms in total. The molecule has 1 rings (SSSR count). The second kappa shape index (κ2) is 6.39. The van der Waals surface area contributed by atoms with E-state index in [1.807, 2.05) is 13.8 Å². The molecule has 1 aromatic rings. The summed E-state index contributed by atoms with van der Waals surface area (Å²) in [5.74, 6) is -0.305. The lowest BCUT2D eigenvalue weighted by Crippen LogP contribution is -2.33. The molecule has 0 saturated carbocycles. The quantitative estimate of drug-likeness (QED) is 0.816. The number of halogens is 1. The second-order valence-electron chi connectivity index (χ2n) is 5.32. The summed E-state index contributed by atoms with van der Waals surface area (Å²) in [6.07, 6.45) is 4.71. The van der Waals surface area contributed by atoms with Gasteiger partial charge in [0.15, 0.2) is 0 Å². The predicted molar refractivity (Wildman–Crippen MR) is 77.5 cm³/mol. The number of allylic oxidation sites excluding steroid dienone is 1. The summed E-state index contributed by atoms with van der Waals surface area (Å²) in [5.41, 5.74) is 1.17. The summed E-state index contributed by atoms with van der Waals surface area (Å²) in [4.78, 5) is 4.04. The fourth-order valence-corrected chi connectivity index (χ4v) is 2.32. The predicted octanol–water partition coefficient (Wildman–Crippen LogP) is 2.98. The third kappa shape index (κ3) is 4.21. The highest BCUT2D eigenvalue weighted by Crippen LogP contribution is 2.31. The van der Waals surface area contributed by atoms with Crippen LogP contribution < -0.4 is 5.14 Å². The van der Waals surface area contributed by atoms with Crippen molar-refractivity contribution in [1.29, 1.82) is 0 Å². The lowest BCUT2D eigenvalue weighted by atomic mass is 9.88. The van der Waals surface area contributed by atoms with Crippen LogP contribution in [0.2, 0.25) is 0 Å². The Bertz CT molecular complexity index is 488. The van der Waals surface area contributed by atoms with Crippen LogP contribution in [-0.2, 0) is 11.0 Å². The number of hydrogen-bond donors (Lipinski definition) is 1. The Hall–Kier alpha value is -1.07. The van der Waals surface area contributed by atoms with E-state index in [0.717, 1.165) is 5.56 Å². The Morgan fingerprint density at radius 3 is 2.74 bits per heavy atom. The number of pyridine rings is 1. The molecule has 1 aromatic heterocycles. The Morgan fingerprint density at radius 1 is 1.63 bits per heavy atom. The molecule has 1 unspecified atom stereocenters. The van der Waals surface area contributed by atoms with E-state index < -0.39 is 15.7 Å². The molecule has 19 heavy (non-hydrogen) atoms. The summed E-state index contributed by atoms with van der Waals surface area (Å²) in [7, 11) is -1.43. The van der Waals surface area contributed by atoms with Crippen LogP contribution in [-0.4, -0.2) is 13.9 Å². The lowest BCUT2D eigenvalue weighted by molar-refractivity contribution is 0.514. The summed E-state index contributed by atoms with van der Waals surface area (Å²) >= 11 is 0. The minimum absolute atomic E-state index is 0.0163. The Labute approximate surface area is 116 Å². The van der Waals surface area contributed by atoms with Gasteiger partial charge in [0.2, 0.25) is 0 Å². The molecule has 0 aliphatic heterocycles. The van der Waals surface area contributed by atoms with Crippen molar-refractivity contribution in [1.82, 2.24) is 4.98 Å². The number of hydrogen-bond acceptors (Lipinski definition) is 2. The van der Waals surface area contributed by atoms with E-state index in [9.17, 15) is 8.60 Å². The average Bonchev–Trinajstić information content (AvgIpc) is 2.31. The van der Waals surface area contributed by atoms with Crippen molar-refractivity contribution < 1.29 is 8.60 Å². The molecule has 0 saturated heterocycles. The van der Waals surface area contributed by atoms with Crippen LogP contribution in [0.25, 0.3) is 0 Å². The van der Waals surface area contributed by atoms with Gasteiger partial charge in [-0.2, -0.15) is 0 Å². The smallest absolute Gasteiger partial charge is 0.144 e.